The molecule has 1 aromatic carbocycles. The lowest BCUT2D eigenvalue weighted by atomic mass is 9.71. The first kappa shape index (κ1) is 20.8. The highest BCUT2D eigenvalue weighted by atomic mass is 35.5. The second-order valence-corrected chi connectivity index (χ2v) is 8.03. The maximum absolute atomic E-state index is 12.7. The minimum Gasteiger partial charge on any atom is -0.497 e. The fourth-order valence-electron chi connectivity index (χ4n) is 3.69. The van der Waals surface area contributed by atoms with Crippen LogP contribution in [0.4, 0.5) is 0 Å². The Hall–Kier alpha value is -1.55. The van der Waals surface area contributed by atoms with Crippen molar-refractivity contribution < 1.29 is 19.1 Å². The highest BCUT2D eigenvalue weighted by molar-refractivity contribution is 6.17. The van der Waals surface area contributed by atoms with Crippen LogP contribution >= 0.6 is 11.6 Å². The summed E-state index contributed by atoms with van der Waals surface area (Å²) in [5.41, 5.74) is 0.154. The van der Waals surface area contributed by atoms with Crippen LogP contribution in [0.1, 0.15) is 62.7 Å². The fraction of sp³-hybridized carbons (Fsp3) is 0.619. The summed E-state index contributed by atoms with van der Waals surface area (Å²) in [4.78, 5) is 25.2. The molecule has 0 spiro atoms. The van der Waals surface area contributed by atoms with Crippen molar-refractivity contribution in [1.29, 1.82) is 0 Å². The van der Waals surface area contributed by atoms with Gasteiger partial charge in [-0.05, 0) is 49.9 Å². The van der Waals surface area contributed by atoms with E-state index in [0.717, 1.165) is 32.1 Å². The van der Waals surface area contributed by atoms with Gasteiger partial charge < -0.3 is 9.47 Å². The largest absolute Gasteiger partial charge is 0.497 e. The van der Waals surface area contributed by atoms with Crippen molar-refractivity contribution >= 4 is 23.4 Å². The van der Waals surface area contributed by atoms with E-state index in [4.69, 9.17) is 21.1 Å². The van der Waals surface area contributed by atoms with E-state index >= 15 is 0 Å². The number of esters is 1. The topological polar surface area (TPSA) is 52.6 Å². The number of ether oxygens (including phenoxy) is 2. The third kappa shape index (κ3) is 5.23. The first-order chi connectivity index (χ1) is 12.4. The molecular formula is C21H29ClO4. The van der Waals surface area contributed by atoms with E-state index in [2.05, 4.69) is 13.8 Å². The molecule has 2 atom stereocenters. The molecule has 0 aliphatic heterocycles. The third-order valence-electron chi connectivity index (χ3n) is 5.25. The average Bonchev–Trinajstić information content (AvgIpc) is 2.65. The lowest BCUT2D eigenvalue weighted by molar-refractivity contribution is -0.133. The molecule has 1 aromatic rings. The zero-order valence-corrected chi connectivity index (χ0v) is 16.7. The van der Waals surface area contributed by atoms with Crippen molar-refractivity contribution in [3.8, 4) is 5.75 Å². The molecule has 1 aliphatic carbocycles. The average molecular weight is 381 g/mol. The Bertz CT molecular complexity index is 609. The van der Waals surface area contributed by atoms with Crippen molar-refractivity contribution in [2.24, 2.45) is 11.3 Å². The molecule has 1 fully saturated rings. The smallest absolute Gasteiger partial charge is 0.338 e. The summed E-state index contributed by atoms with van der Waals surface area (Å²) in [7, 11) is 1.58. The molecule has 0 bridgehead atoms. The number of halogens is 1. The molecule has 2 rings (SSSR count). The standard InChI is InChI=1S/C21H29ClO4/c1-21(2,13-6-14-22)19(17-7-4-5-8-18(17)23)26-20(24)15-9-11-16(25-3)12-10-15/h9-12,17,19H,4-8,13-14H2,1-3H3. The Morgan fingerprint density at radius 3 is 2.54 bits per heavy atom. The van der Waals surface area contributed by atoms with E-state index in [9.17, 15) is 9.59 Å². The molecule has 0 N–H and O–H groups in total. The van der Waals surface area contributed by atoms with Crippen LogP contribution in [-0.2, 0) is 9.53 Å². The van der Waals surface area contributed by atoms with Crippen LogP contribution in [0.5, 0.6) is 5.75 Å². The Labute approximate surface area is 161 Å². The summed E-state index contributed by atoms with van der Waals surface area (Å²) >= 11 is 5.87. The molecule has 0 heterocycles. The molecule has 4 nitrogen and oxygen atoms in total. The van der Waals surface area contributed by atoms with Crippen LogP contribution < -0.4 is 4.74 Å². The second-order valence-electron chi connectivity index (χ2n) is 7.65. The van der Waals surface area contributed by atoms with E-state index in [1.165, 1.54) is 0 Å². The van der Waals surface area contributed by atoms with Crippen LogP contribution in [0.25, 0.3) is 0 Å². The molecule has 0 saturated heterocycles. The number of ketones is 1. The molecular weight excluding hydrogens is 352 g/mol. The first-order valence-electron chi connectivity index (χ1n) is 9.33. The quantitative estimate of drug-likeness (QED) is 0.469. The Morgan fingerprint density at radius 2 is 1.96 bits per heavy atom. The number of carbonyl (C=O) groups is 2. The number of Topliss-reactive ketones (excluding diaryl/α,β-unsaturated/α-hetero) is 1. The maximum atomic E-state index is 12.7. The van der Waals surface area contributed by atoms with Crippen molar-refractivity contribution in [2.75, 3.05) is 13.0 Å². The monoisotopic (exact) mass is 380 g/mol. The van der Waals surface area contributed by atoms with Gasteiger partial charge in [0.2, 0.25) is 0 Å². The number of benzene rings is 1. The maximum Gasteiger partial charge on any atom is 0.338 e. The van der Waals surface area contributed by atoms with Gasteiger partial charge in [-0.3, -0.25) is 4.79 Å². The fourth-order valence-corrected chi connectivity index (χ4v) is 3.83. The summed E-state index contributed by atoms with van der Waals surface area (Å²) in [6.45, 7) is 4.13. The van der Waals surface area contributed by atoms with Gasteiger partial charge >= 0.3 is 5.97 Å². The molecule has 1 aliphatic rings. The molecule has 0 aromatic heterocycles. The van der Waals surface area contributed by atoms with Gasteiger partial charge in [0.25, 0.3) is 0 Å². The number of methoxy groups -OCH3 is 1. The molecule has 0 amide bonds. The minimum absolute atomic E-state index is 0.211. The highest BCUT2D eigenvalue weighted by Crippen LogP contribution is 2.39. The molecule has 0 radical (unpaired) electrons. The molecule has 1 saturated carbocycles. The Balaban J connectivity index is 2.21. The van der Waals surface area contributed by atoms with Crippen molar-refractivity contribution in [1.82, 2.24) is 0 Å². The number of hydrogen-bond acceptors (Lipinski definition) is 4. The highest BCUT2D eigenvalue weighted by Gasteiger charge is 2.42. The van der Waals surface area contributed by atoms with Gasteiger partial charge in [0.15, 0.2) is 0 Å². The predicted molar refractivity (Wildman–Crippen MR) is 103 cm³/mol. The van der Waals surface area contributed by atoms with E-state index < -0.39 is 12.1 Å². The lowest BCUT2D eigenvalue weighted by Crippen LogP contribution is -2.44. The zero-order valence-electron chi connectivity index (χ0n) is 15.9. The van der Waals surface area contributed by atoms with Gasteiger partial charge in [0.1, 0.15) is 17.6 Å². The van der Waals surface area contributed by atoms with Gasteiger partial charge in [-0.2, -0.15) is 0 Å². The van der Waals surface area contributed by atoms with Gasteiger partial charge in [-0.15, -0.1) is 11.6 Å². The summed E-state index contributed by atoms with van der Waals surface area (Å²) in [6, 6.07) is 6.84. The zero-order chi connectivity index (χ0) is 19.2. The Kier molecular flexibility index (Phi) is 7.51. The summed E-state index contributed by atoms with van der Waals surface area (Å²) < 4.78 is 11.1. The second kappa shape index (κ2) is 9.40. The Morgan fingerprint density at radius 1 is 1.27 bits per heavy atom. The summed E-state index contributed by atoms with van der Waals surface area (Å²) in [5, 5.41) is 0. The predicted octanol–water partition coefficient (Wildman–Crippen LogP) is 5.03. The lowest BCUT2D eigenvalue weighted by Gasteiger charge is -2.39. The van der Waals surface area contributed by atoms with Crippen molar-refractivity contribution in [3.63, 3.8) is 0 Å². The summed E-state index contributed by atoms with van der Waals surface area (Å²) in [6.07, 6.45) is 4.48. The third-order valence-corrected chi connectivity index (χ3v) is 5.52. The van der Waals surface area contributed by atoms with Crippen LogP contribution in [-0.4, -0.2) is 30.8 Å². The van der Waals surface area contributed by atoms with Gasteiger partial charge in [-0.25, -0.2) is 4.79 Å². The van der Waals surface area contributed by atoms with E-state index in [1.54, 1.807) is 31.4 Å². The molecule has 26 heavy (non-hydrogen) atoms. The van der Waals surface area contributed by atoms with E-state index in [-0.39, 0.29) is 17.1 Å². The van der Waals surface area contributed by atoms with Crippen molar-refractivity contribution in [3.05, 3.63) is 29.8 Å². The number of carbonyl (C=O) groups excluding carboxylic acids is 2. The SMILES string of the molecule is COc1ccc(C(=O)OC(C2CCCCC2=O)C(C)(C)CCCCl)cc1. The molecule has 144 valence electrons. The van der Waals surface area contributed by atoms with Gasteiger partial charge in [0.05, 0.1) is 18.6 Å². The van der Waals surface area contributed by atoms with Crippen LogP contribution in [0, 0.1) is 11.3 Å². The van der Waals surface area contributed by atoms with Crippen LogP contribution in [0.2, 0.25) is 0 Å². The van der Waals surface area contributed by atoms with Gasteiger partial charge in [-0.1, -0.05) is 20.3 Å². The number of rotatable bonds is 8. The van der Waals surface area contributed by atoms with Crippen LogP contribution in [0.15, 0.2) is 24.3 Å². The number of alkyl halides is 1. The van der Waals surface area contributed by atoms with E-state index in [0.29, 0.717) is 23.6 Å². The van der Waals surface area contributed by atoms with E-state index in [1.807, 2.05) is 0 Å². The molecule has 2 unspecified atom stereocenters. The van der Waals surface area contributed by atoms with Crippen LogP contribution in [0.3, 0.4) is 0 Å². The molecule has 5 heteroatoms. The minimum atomic E-state index is -0.437. The summed E-state index contributed by atoms with van der Waals surface area (Å²) in [5.74, 6) is 0.832. The van der Waals surface area contributed by atoms with Crippen molar-refractivity contribution in [2.45, 2.75) is 58.5 Å². The number of hydrogen-bond donors (Lipinski definition) is 0. The normalized spacial score (nSPS) is 19.1. The first-order valence-corrected chi connectivity index (χ1v) is 9.86. The van der Waals surface area contributed by atoms with Gasteiger partial charge in [0, 0.05) is 17.7 Å².